The summed E-state index contributed by atoms with van der Waals surface area (Å²) >= 11 is 0.866. The van der Waals surface area contributed by atoms with Crippen LogP contribution in [0.5, 0.6) is 6.01 Å². The third-order valence-electron chi connectivity index (χ3n) is 4.14. The van der Waals surface area contributed by atoms with Crippen molar-refractivity contribution < 1.29 is 32.1 Å². The lowest BCUT2D eigenvalue weighted by Crippen LogP contribution is -2.36. The van der Waals surface area contributed by atoms with Gasteiger partial charge >= 0.3 is 6.01 Å². The van der Waals surface area contributed by atoms with Crippen LogP contribution in [0.15, 0.2) is 23.4 Å². The summed E-state index contributed by atoms with van der Waals surface area (Å²) < 4.78 is 59.3. The molecule has 0 aliphatic rings. The largest absolute Gasteiger partial charge is 0.457 e. The van der Waals surface area contributed by atoms with Gasteiger partial charge in [-0.2, -0.15) is 15.0 Å². The van der Waals surface area contributed by atoms with E-state index < -0.39 is 45.7 Å². The van der Waals surface area contributed by atoms with Gasteiger partial charge < -0.3 is 14.9 Å². The molecule has 0 saturated carbocycles. The van der Waals surface area contributed by atoms with Crippen molar-refractivity contribution >= 4 is 27.7 Å². The number of nitrogens with zero attached hydrogens (tertiary/aromatic N) is 3. The molecule has 0 radical (unpaired) electrons. The van der Waals surface area contributed by atoms with Gasteiger partial charge in [-0.1, -0.05) is 31.7 Å². The molecule has 13 heteroatoms. The maximum atomic E-state index is 14.1. The van der Waals surface area contributed by atoms with E-state index in [1.54, 1.807) is 0 Å². The predicted molar refractivity (Wildman–Crippen MR) is 116 cm³/mol. The molecule has 0 aliphatic heterocycles. The molecule has 1 aromatic heterocycles. The number of halogens is 2. The minimum absolute atomic E-state index is 0.0573. The number of hydrogen-bond donors (Lipinski definition) is 3. The van der Waals surface area contributed by atoms with Gasteiger partial charge in [-0.05, 0) is 31.4 Å². The number of benzene rings is 1. The van der Waals surface area contributed by atoms with Crippen LogP contribution in [0.4, 0.5) is 14.7 Å². The van der Waals surface area contributed by atoms with E-state index in [0.717, 1.165) is 30.2 Å². The highest BCUT2D eigenvalue weighted by atomic mass is 32.2. The Morgan fingerprint density at radius 2 is 1.78 bits per heavy atom. The Balaban J connectivity index is 2.40. The molecule has 1 heterocycles. The van der Waals surface area contributed by atoms with Crippen LogP contribution in [0.25, 0.3) is 0 Å². The summed E-state index contributed by atoms with van der Waals surface area (Å²) in [6.07, 6.45) is -0.865. The quantitative estimate of drug-likeness (QED) is 0.404. The molecule has 178 valence electrons. The molecule has 3 N–H and O–H groups in total. The average molecular weight is 493 g/mol. The van der Waals surface area contributed by atoms with Gasteiger partial charge in [0, 0.05) is 10.8 Å². The Kier molecular flexibility index (Phi) is 9.13. The lowest BCUT2D eigenvalue weighted by atomic mass is 10.0. The molecule has 0 spiro atoms. The highest BCUT2D eigenvalue weighted by molar-refractivity contribution is 7.99. The Bertz CT molecular complexity index is 1010. The number of rotatable bonds is 11. The van der Waals surface area contributed by atoms with E-state index in [9.17, 15) is 27.4 Å². The number of aromatic nitrogens is 3. The number of thioether (sulfide) groups is 1. The third-order valence-corrected chi connectivity index (χ3v) is 5.67. The molecule has 2 aromatic rings. The molecular weight excluding hydrogens is 466 g/mol. The number of sulfonamides is 1. The third kappa shape index (κ3) is 7.80. The van der Waals surface area contributed by atoms with Crippen LogP contribution in [0.1, 0.15) is 38.0 Å². The van der Waals surface area contributed by atoms with Gasteiger partial charge in [-0.15, -0.1) is 0 Å². The molecule has 3 atom stereocenters. The Morgan fingerprint density at radius 1 is 1.16 bits per heavy atom. The Labute approximate surface area is 189 Å². The van der Waals surface area contributed by atoms with Gasteiger partial charge in [0.1, 0.15) is 23.8 Å². The van der Waals surface area contributed by atoms with Gasteiger partial charge in [-0.3, -0.25) is 4.72 Å². The van der Waals surface area contributed by atoms with Crippen LogP contribution in [-0.2, 0) is 10.0 Å². The van der Waals surface area contributed by atoms with E-state index in [1.165, 1.54) is 13.0 Å². The molecule has 0 saturated heterocycles. The van der Waals surface area contributed by atoms with Crippen LogP contribution in [-0.4, -0.2) is 58.7 Å². The van der Waals surface area contributed by atoms with Gasteiger partial charge in [0.2, 0.25) is 16.0 Å². The standard InChI is InChI=1S/C19H26F2N4O5S2/c1-10(2)8-15(14(27)9-26)30-18-22-17(25-32(4,28)29)23-19(24-18)31-11(3)16-12(20)6-5-7-13(16)21/h5-7,10-11,14-15,26-27H,8-9H2,1-4H3,(H,22,23,24,25)/t11?,14-,15-/m1/s1. The van der Waals surface area contributed by atoms with E-state index in [1.807, 2.05) is 13.8 Å². The molecule has 0 amide bonds. The number of anilines is 1. The number of nitrogens with one attached hydrogen (secondary N) is 1. The minimum Gasteiger partial charge on any atom is -0.457 e. The molecular formula is C19H26F2N4O5S2. The second-order valence-electron chi connectivity index (χ2n) is 7.53. The summed E-state index contributed by atoms with van der Waals surface area (Å²) in [4.78, 5) is 12.0. The van der Waals surface area contributed by atoms with Crippen molar-refractivity contribution in [2.24, 2.45) is 5.92 Å². The molecule has 2 rings (SSSR count). The lowest BCUT2D eigenvalue weighted by molar-refractivity contribution is -0.0138. The van der Waals surface area contributed by atoms with Crippen molar-refractivity contribution in [2.75, 3.05) is 17.6 Å². The van der Waals surface area contributed by atoms with Gasteiger partial charge in [0.15, 0.2) is 5.16 Å². The first-order valence-corrected chi connectivity index (χ1v) is 12.5. The van der Waals surface area contributed by atoms with Crippen LogP contribution in [0.3, 0.4) is 0 Å². The van der Waals surface area contributed by atoms with Crippen LogP contribution >= 0.6 is 11.8 Å². The normalized spacial score (nSPS) is 14.8. The fourth-order valence-electron chi connectivity index (χ4n) is 2.77. The predicted octanol–water partition coefficient (Wildman–Crippen LogP) is 2.52. The zero-order valence-electron chi connectivity index (χ0n) is 18.0. The van der Waals surface area contributed by atoms with Crippen LogP contribution in [0, 0.1) is 17.6 Å². The number of hydrogen-bond acceptors (Lipinski definition) is 9. The maximum Gasteiger partial charge on any atom is 0.322 e. The van der Waals surface area contributed by atoms with Gasteiger partial charge in [0.25, 0.3) is 0 Å². The molecule has 0 bridgehead atoms. The summed E-state index contributed by atoms with van der Waals surface area (Å²) in [5.41, 5.74) is -0.189. The topological polar surface area (TPSA) is 135 Å². The van der Waals surface area contributed by atoms with E-state index in [0.29, 0.717) is 6.42 Å². The average Bonchev–Trinajstić information content (AvgIpc) is 2.64. The zero-order chi connectivity index (χ0) is 24.1. The number of aliphatic hydroxyl groups excluding tert-OH is 2. The summed E-state index contributed by atoms with van der Waals surface area (Å²) in [6.45, 7) is 4.74. The van der Waals surface area contributed by atoms with Gasteiger partial charge in [0.05, 0.1) is 12.9 Å². The first kappa shape index (κ1) is 26.2. The smallest absolute Gasteiger partial charge is 0.322 e. The van der Waals surface area contributed by atoms with Gasteiger partial charge in [-0.25, -0.2) is 17.2 Å². The second-order valence-corrected chi connectivity index (χ2v) is 10.6. The second kappa shape index (κ2) is 11.2. The first-order chi connectivity index (χ1) is 14.9. The summed E-state index contributed by atoms with van der Waals surface area (Å²) in [6, 6.07) is 3.19. The van der Waals surface area contributed by atoms with Crippen molar-refractivity contribution in [1.82, 2.24) is 15.0 Å². The van der Waals surface area contributed by atoms with E-state index in [4.69, 9.17) is 4.74 Å². The zero-order valence-corrected chi connectivity index (χ0v) is 19.6. The Morgan fingerprint density at radius 3 is 2.31 bits per heavy atom. The summed E-state index contributed by atoms with van der Waals surface area (Å²) in [7, 11) is -3.75. The van der Waals surface area contributed by atoms with Crippen molar-refractivity contribution in [1.29, 1.82) is 0 Å². The van der Waals surface area contributed by atoms with Crippen molar-refractivity contribution in [3.63, 3.8) is 0 Å². The maximum absolute atomic E-state index is 14.1. The van der Waals surface area contributed by atoms with E-state index in [2.05, 4.69) is 19.7 Å². The highest BCUT2D eigenvalue weighted by Crippen LogP contribution is 2.36. The molecule has 32 heavy (non-hydrogen) atoms. The first-order valence-electron chi connectivity index (χ1n) is 9.69. The van der Waals surface area contributed by atoms with Crippen molar-refractivity contribution in [3.05, 3.63) is 35.4 Å². The monoisotopic (exact) mass is 492 g/mol. The number of ether oxygens (including phenoxy) is 1. The number of aliphatic hydroxyl groups is 2. The lowest BCUT2D eigenvalue weighted by Gasteiger charge is -2.23. The van der Waals surface area contributed by atoms with Crippen LogP contribution in [0.2, 0.25) is 0 Å². The molecule has 9 nitrogen and oxygen atoms in total. The SMILES string of the molecule is CC(C)C[C@@H](Oc1nc(NS(C)(=O)=O)nc(SC(C)c2c(F)cccc2F)n1)[C@H](O)CO. The fraction of sp³-hybridized carbons (Fsp3) is 0.526. The minimum atomic E-state index is -3.75. The molecule has 1 aromatic carbocycles. The Hall–Kier alpha value is -2.09. The van der Waals surface area contributed by atoms with E-state index in [-0.39, 0.29) is 28.6 Å². The summed E-state index contributed by atoms with van der Waals surface area (Å²) in [5.74, 6) is -1.75. The highest BCUT2D eigenvalue weighted by Gasteiger charge is 2.25. The van der Waals surface area contributed by atoms with Crippen molar-refractivity contribution in [2.45, 2.75) is 49.8 Å². The molecule has 0 fully saturated rings. The van der Waals surface area contributed by atoms with Crippen LogP contribution < -0.4 is 9.46 Å². The van der Waals surface area contributed by atoms with E-state index >= 15 is 0 Å². The molecule has 0 aliphatic carbocycles. The summed E-state index contributed by atoms with van der Waals surface area (Å²) in [5, 5.41) is 18.5. The molecule has 1 unspecified atom stereocenters. The van der Waals surface area contributed by atoms with Crippen molar-refractivity contribution in [3.8, 4) is 6.01 Å². The fourth-order valence-corrected chi connectivity index (χ4v) is 4.12.